The molecule has 0 aliphatic heterocycles. The second-order valence-corrected chi connectivity index (χ2v) is 4.27. The van der Waals surface area contributed by atoms with Crippen LogP contribution in [0.2, 0.25) is 0 Å². The number of carboxylic acid groups (broad SMARTS) is 1. The molecule has 2 aromatic rings. The first-order valence-electron chi connectivity index (χ1n) is 6.21. The minimum atomic E-state index is -1.46. The van der Waals surface area contributed by atoms with Gasteiger partial charge >= 0.3 is 18.9 Å². The maximum atomic E-state index is 11.7. The van der Waals surface area contributed by atoms with Crippen LogP contribution in [-0.4, -0.2) is 17.1 Å². The molecule has 1 heterocycles. The average molecular weight is 265 g/mol. The molecule has 0 N–H and O–H groups in total. The van der Waals surface area contributed by atoms with Crippen LogP contribution in [0.5, 0.6) is 0 Å². The van der Waals surface area contributed by atoms with Crippen LogP contribution in [0.15, 0.2) is 54.9 Å². The molecule has 1 aromatic heterocycles. The predicted octanol–water partition coefficient (Wildman–Crippen LogP) is -1.83. The Labute approximate surface area is 130 Å². The molecule has 0 fully saturated rings. The van der Waals surface area contributed by atoms with Gasteiger partial charge in [0, 0.05) is 19.0 Å². The van der Waals surface area contributed by atoms with E-state index in [9.17, 15) is 9.90 Å². The van der Waals surface area contributed by atoms with Crippen LogP contribution in [0.1, 0.15) is 12.5 Å². The molecule has 1 atom stereocenters. The quantitative estimate of drug-likeness (QED) is 0.578. The predicted molar refractivity (Wildman–Crippen MR) is 69.2 cm³/mol. The third-order valence-corrected chi connectivity index (χ3v) is 3.03. The van der Waals surface area contributed by atoms with E-state index in [2.05, 4.69) is 0 Å². The molecule has 0 radical (unpaired) electrons. The van der Waals surface area contributed by atoms with Gasteiger partial charge in [-0.15, -0.1) is 0 Å². The molecule has 100 valence electrons. The molecule has 0 saturated heterocycles. The van der Waals surface area contributed by atoms with E-state index in [1.54, 1.807) is 48.1 Å². The van der Waals surface area contributed by atoms with Crippen LogP contribution in [-0.2, 0) is 21.7 Å². The van der Waals surface area contributed by atoms with E-state index in [1.807, 2.05) is 18.2 Å². The monoisotopic (exact) mass is 265 g/mol. The number of carbonyl (C=O) groups excluding carboxylic acids is 1. The van der Waals surface area contributed by atoms with Crippen LogP contribution in [0.4, 0.5) is 0 Å². The molecule has 4 nitrogen and oxygen atoms in total. The van der Waals surface area contributed by atoms with Gasteiger partial charge in [-0.25, -0.2) is 0 Å². The van der Waals surface area contributed by atoms with Crippen LogP contribution in [0.25, 0.3) is 0 Å². The Kier molecular flexibility index (Phi) is 6.09. The summed E-state index contributed by atoms with van der Waals surface area (Å²) in [6, 6.07) is 12.6. The van der Waals surface area contributed by atoms with Crippen molar-refractivity contribution in [3.05, 3.63) is 60.4 Å². The van der Waals surface area contributed by atoms with E-state index in [1.165, 1.54) is 0 Å². The number of hydrogen-bond donors (Lipinski definition) is 0. The van der Waals surface area contributed by atoms with Crippen molar-refractivity contribution in [3.8, 4) is 0 Å². The van der Waals surface area contributed by atoms with Crippen molar-refractivity contribution >= 4 is 5.97 Å². The number of benzene rings is 1. The van der Waals surface area contributed by atoms with Gasteiger partial charge in [0.15, 0.2) is 0 Å². The van der Waals surface area contributed by atoms with Crippen molar-refractivity contribution in [2.75, 3.05) is 6.61 Å². The number of aliphatic carboxylic acids is 1. The smallest absolute Gasteiger partial charge is 0.547 e. The van der Waals surface area contributed by atoms with Crippen molar-refractivity contribution < 1.29 is 33.5 Å². The summed E-state index contributed by atoms with van der Waals surface area (Å²) in [4.78, 5) is 11.7. The van der Waals surface area contributed by atoms with E-state index in [0.29, 0.717) is 12.2 Å². The third-order valence-electron chi connectivity index (χ3n) is 3.03. The number of carboxylic acids is 1. The first-order valence-corrected chi connectivity index (χ1v) is 6.21. The summed E-state index contributed by atoms with van der Waals surface area (Å²) in [5.74, 6) is -1.23. The number of aromatic nitrogens is 1. The zero-order valence-electron chi connectivity index (χ0n) is 11.8. The van der Waals surface area contributed by atoms with E-state index in [-0.39, 0.29) is 25.4 Å². The minimum absolute atomic E-state index is 0. The van der Waals surface area contributed by atoms with Gasteiger partial charge < -0.3 is 19.2 Å². The van der Waals surface area contributed by atoms with Crippen molar-refractivity contribution in [2.45, 2.75) is 19.1 Å². The van der Waals surface area contributed by atoms with Gasteiger partial charge in [0.1, 0.15) is 5.60 Å². The van der Waals surface area contributed by atoms with Crippen molar-refractivity contribution in [2.24, 2.45) is 0 Å². The molecule has 1 aromatic carbocycles. The fraction of sp³-hybridized carbons (Fsp3) is 0.267. The summed E-state index contributed by atoms with van der Waals surface area (Å²) in [5.41, 5.74) is -0.875. The number of rotatable bonds is 6. The maximum absolute atomic E-state index is 11.7. The summed E-state index contributed by atoms with van der Waals surface area (Å²) >= 11 is 0. The zero-order chi connectivity index (χ0) is 13.7. The first kappa shape index (κ1) is 16.6. The van der Waals surface area contributed by atoms with Gasteiger partial charge in [-0.05, 0) is 24.6 Å². The van der Waals surface area contributed by atoms with Gasteiger partial charge in [0.05, 0.1) is 12.5 Å². The normalized spacial score (nSPS) is 13.2. The second kappa shape index (κ2) is 7.35. The van der Waals surface area contributed by atoms with E-state index < -0.39 is 11.6 Å². The summed E-state index contributed by atoms with van der Waals surface area (Å²) < 4.78 is 7.34. The Morgan fingerprint density at radius 3 is 2.30 bits per heavy atom. The molecule has 0 aliphatic rings. The first-order chi connectivity index (χ1) is 9.19. The summed E-state index contributed by atoms with van der Waals surface area (Å²) in [7, 11) is 0. The van der Waals surface area contributed by atoms with Crippen LogP contribution in [0.3, 0.4) is 0 Å². The zero-order valence-corrected chi connectivity index (χ0v) is 11.8. The summed E-state index contributed by atoms with van der Waals surface area (Å²) in [6.07, 6.45) is 3.61. The molecule has 5 heteroatoms. The van der Waals surface area contributed by atoms with Gasteiger partial charge in [-0.3, -0.25) is 0 Å². The molecule has 0 aliphatic carbocycles. The SMILES string of the molecule is CCOC(Cn1cccc1)(C(=O)[O-])c1ccccc1.[Li+]. The minimum Gasteiger partial charge on any atom is -0.547 e. The van der Waals surface area contributed by atoms with E-state index >= 15 is 0 Å². The Hall–Kier alpha value is -1.47. The second-order valence-electron chi connectivity index (χ2n) is 4.27. The Balaban J connectivity index is 0.00000200. The molecule has 2 rings (SSSR count). The summed E-state index contributed by atoms with van der Waals surface area (Å²) in [6.45, 7) is 2.25. The Morgan fingerprint density at radius 2 is 1.80 bits per heavy atom. The number of nitrogens with zero attached hydrogens (tertiary/aromatic N) is 1. The van der Waals surface area contributed by atoms with Gasteiger partial charge in [0.25, 0.3) is 0 Å². The standard InChI is InChI=1S/C15H17NO3.Li/c1-2-19-15(14(17)18,12-16-10-6-7-11-16)13-8-4-3-5-9-13;/h3-11H,2,12H2,1H3,(H,17,18);/q;+1/p-1. The van der Waals surface area contributed by atoms with E-state index in [4.69, 9.17) is 4.74 Å². The molecular formula is C15H16LiNO3. The third kappa shape index (κ3) is 3.34. The van der Waals surface area contributed by atoms with Gasteiger partial charge in [0.2, 0.25) is 0 Å². The molecule has 0 spiro atoms. The van der Waals surface area contributed by atoms with Gasteiger partial charge in [-0.2, -0.15) is 0 Å². The molecule has 0 bridgehead atoms. The van der Waals surface area contributed by atoms with Crippen LogP contribution in [0, 0.1) is 0 Å². The van der Waals surface area contributed by atoms with Crippen LogP contribution >= 0.6 is 0 Å². The molecule has 0 saturated carbocycles. The fourth-order valence-corrected chi connectivity index (χ4v) is 2.15. The molecule has 1 unspecified atom stereocenters. The average Bonchev–Trinajstić information content (AvgIpc) is 2.91. The number of ether oxygens (including phenoxy) is 1. The Bertz CT molecular complexity index is 527. The van der Waals surface area contributed by atoms with E-state index in [0.717, 1.165) is 0 Å². The van der Waals surface area contributed by atoms with Crippen LogP contribution < -0.4 is 24.0 Å². The van der Waals surface area contributed by atoms with Gasteiger partial charge in [-0.1, -0.05) is 30.3 Å². The molecule has 0 amide bonds. The number of carbonyl (C=O) groups is 1. The maximum Gasteiger partial charge on any atom is 1.00 e. The molecular weight excluding hydrogens is 249 g/mol. The topological polar surface area (TPSA) is 54.3 Å². The number of hydrogen-bond acceptors (Lipinski definition) is 3. The Morgan fingerprint density at radius 1 is 1.20 bits per heavy atom. The van der Waals surface area contributed by atoms with Crippen molar-refractivity contribution in [1.82, 2.24) is 4.57 Å². The van der Waals surface area contributed by atoms with Crippen molar-refractivity contribution in [3.63, 3.8) is 0 Å². The summed E-state index contributed by atoms with van der Waals surface area (Å²) in [5, 5.41) is 11.7. The fourth-order valence-electron chi connectivity index (χ4n) is 2.15. The largest absolute Gasteiger partial charge is 1.00 e. The van der Waals surface area contributed by atoms with Crippen molar-refractivity contribution in [1.29, 1.82) is 0 Å². The molecule has 20 heavy (non-hydrogen) atoms.